The van der Waals surface area contributed by atoms with Gasteiger partial charge < -0.3 is 19.1 Å². The maximum absolute atomic E-state index is 5.58. The third-order valence-electron chi connectivity index (χ3n) is 5.17. The van der Waals surface area contributed by atoms with Crippen LogP contribution in [-0.2, 0) is 4.74 Å². The Labute approximate surface area is 155 Å². The quantitative estimate of drug-likeness (QED) is 0.658. The molecule has 0 unspecified atom stereocenters. The summed E-state index contributed by atoms with van der Waals surface area (Å²) in [6.07, 6.45) is 5.06. The highest BCUT2D eigenvalue weighted by Gasteiger charge is 2.38. The normalized spacial score (nSPS) is 21.6. The molecule has 3 aromatic heterocycles. The number of ether oxygens (including phenoxy) is 3. The molecule has 5 heterocycles. The summed E-state index contributed by atoms with van der Waals surface area (Å²) in [5.41, 5.74) is 1.22. The van der Waals surface area contributed by atoms with Crippen LogP contribution in [0, 0.1) is 11.8 Å². The van der Waals surface area contributed by atoms with Crippen LogP contribution in [-0.4, -0.2) is 70.2 Å². The number of hydrogen-bond acceptors (Lipinski definition) is 9. The molecule has 27 heavy (non-hydrogen) atoms. The Morgan fingerprint density at radius 1 is 1.07 bits per heavy atom. The fourth-order valence-electron chi connectivity index (χ4n) is 3.81. The van der Waals surface area contributed by atoms with Gasteiger partial charge in [-0.3, -0.25) is 0 Å². The Hall–Kier alpha value is -3.01. The van der Waals surface area contributed by atoms with Gasteiger partial charge in [-0.05, 0) is 0 Å². The van der Waals surface area contributed by atoms with Gasteiger partial charge in [-0.1, -0.05) is 0 Å². The lowest BCUT2D eigenvalue weighted by molar-refractivity contribution is 0.177. The summed E-state index contributed by atoms with van der Waals surface area (Å²) in [6, 6.07) is 0.235. The summed E-state index contributed by atoms with van der Waals surface area (Å²) in [6.45, 7) is 3.54. The molecule has 2 aliphatic rings. The Morgan fingerprint density at radius 3 is 2.63 bits per heavy atom. The van der Waals surface area contributed by atoms with E-state index in [2.05, 4.69) is 29.9 Å². The Balaban J connectivity index is 1.55. The van der Waals surface area contributed by atoms with E-state index in [1.807, 2.05) is 6.20 Å². The summed E-state index contributed by atoms with van der Waals surface area (Å²) < 4.78 is 17.7. The fourth-order valence-corrected chi connectivity index (χ4v) is 3.81. The van der Waals surface area contributed by atoms with Gasteiger partial charge in [0.05, 0.1) is 39.0 Å². The predicted molar refractivity (Wildman–Crippen MR) is 95.4 cm³/mol. The van der Waals surface area contributed by atoms with Crippen molar-refractivity contribution in [2.75, 3.05) is 45.4 Å². The number of rotatable bonds is 4. The number of methoxy groups -OCH3 is 2. The second-order valence-corrected chi connectivity index (χ2v) is 6.72. The van der Waals surface area contributed by atoms with Gasteiger partial charge in [0.15, 0.2) is 5.65 Å². The highest BCUT2D eigenvalue weighted by Crippen LogP contribution is 2.34. The first-order valence-corrected chi connectivity index (χ1v) is 8.75. The average Bonchev–Trinajstić information content (AvgIpc) is 3.41. The molecule has 0 amide bonds. The van der Waals surface area contributed by atoms with Crippen LogP contribution in [0.4, 0.5) is 5.82 Å². The first-order valence-electron chi connectivity index (χ1n) is 8.75. The van der Waals surface area contributed by atoms with E-state index in [1.165, 1.54) is 7.11 Å². The fraction of sp³-hybridized carbons (Fsp3) is 0.471. The largest absolute Gasteiger partial charge is 0.479 e. The topological polar surface area (TPSA) is 100 Å². The van der Waals surface area contributed by atoms with Crippen molar-refractivity contribution in [1.29, 1.82) is 0 Å². The van der Waals surface area contributed by atoms with E-state index in [9.17, 15) is 0 Å². The van der Waals surface area contributed by atoms with Crippen molar-refractivity contribution in [2.45, 2.75) is 0 Å². The third-order valence-corrected chi connectivity index (χ3v) is 5.17. The van der Waals surface area contributed by atoms with Gasteiger partial charge in [-0.2, -0.15) is 4.98 Å². The molecular formula is C17H19N7O3. The van der Waals surface area contributed by atoms with Gasteiger partial charge in [-0.15, -0.1) is 5.10 Å². The molecule has 5 rings (SSSR count). The van der Waals surface area contributed by atoms with E-state index < -0.39 is 0 Å². The van der Waals surface area contributed by atoms with Gasteiger partial charge in [0.1, 0.15) is 17.8 Å². The summed E-state index contributed by atoms with van der Waals surface area (Å²) in [5, 5.41) is 5.45. The van der Waals surface area contributed by atoms with Crippen molar-refractivity contribution in [3.8, 4) is 17.6 Å². The zero-order chi connectivity index (χ0) is 18.4. The van der Waals surface area contributed by atoms with Crippen LogP contribution in [0.1, 0.15) is 0 Å². The van der Waals surface area contributed by atoms with Crippen LogP contribution in [0.15, 0.2) is 18.7 Å². The van der Waals surface area contributed by atoms with E-state index >= 15 is 0 Å². The molecule has 0 aliphatic carbocycles. The predicted octanol–water partition coefficient (Wildman–Crippen LogP) is 0.705. The zero-order valence-corrected chi connectivity index (χ0v) is 15.1. The van der Waals surface area contributed by atoms with Crippen LogP contribution < -0.4 is 14.4 Å². The van der Waals surface area contributed by atoms with Crippen LogP contribution in [0.5, 0.6) is 11.9 Å². The minimum absolute atomic E-state index is 0.235. The molecule has 10 nitrogen and oxygen atoms in total. The third kappa shape index (κ3) is 2.64. The van der Waals surface area contributed by atoms with E-state index in [1.54, 1.807) is 24.3 Å². The number of nitrogens with zero attached hydrogens (tertiary/aromatic N) is 7. The van der Waals surface area contributed by atoms with Crippen molar-refractivity contribution >= 4 is 16.9 Å². The standard InChI is InChI=1S/C17H19N7O3/c1-25-16-13(3-18-17(21-16)26-2)24-6-12-14(22-24)19-9-20-15(12)23-4-10-7-27-8-11(10)5-23/h3,6,9-11H,4-5,7-8H2,1-2H3/t10-,11+. The molecule has 0 saturated carbocycles. The summed E-state index contributed by atoms with van der Waals surface area (Å²) in [4.78, 5) is 19.5. The number of fused-ring (bicyclic) bond motifs is 2. The molecule has 0 aromatic carbocycles. The Bertz CT molecular complexity index is 980. The van der Waals surface area contributed by atoms with Gasteiger partial charge in [0, 0.05) is 31.1 Å². The molecule has 2 saturated heterocycles. The number of anilines is 1. The van der Waals surface area contributed by atoms with Gasteiger partial charge in [-0.25, -0.2) is 19.6 Å². The first kappa shape index (κ1) is 16.2. The average molecular weight is 369 g/mol. The van der Waals surface area contributed by atoms with E-state index in [0.29, 0.717) is 29.1 Å². The van der Waals surface area contributed by atoms with Crippen molar-refractivity contribution in [3.63, 3.8) is 0 Å². The second-order valence-electron chi connectivity index (χ2n) is 6.72. The summed E-state index contributed by atoms with van der Waals surface area (Å²) in [7, 11) is 3.06. The lowest BCUT2D eigenvalue weighted by Gasteiger charge is -2.18. The number of aromatic nitrogens is 6. The van der Waals surface area contributed by atoms with E-state index in [-0.39, 0.29) is 6.01 Å². The molecule has 2 aliphatic heterocycles. The van der Waals surface area contributed by atoms with E-state index in [4.69, 9.17) is 14.2 Å². The molecule has 0 bridgehead atoms. The SMILES string of the molecule is COc1ncc(-n2cc3c(N4C[C@H]5COC[C@H]5C4)ncnc3n2)c(OC)n1. The second kappa shape index (κ2) is 6.31. The van der Waals surface area contributed by atoms with Crippen molar-refractivity contribution in [2.24, 2.45) is 11.8 Å². The van der Waals surface area contributed by atoms with Crippen molar-refractivity contribution < 1.29 is 14.2 Å². The maximum Gasteiger partial charge on any atom is 0.319 e. The molecule has 3 aromatic rings. The van der Waals surface area contributed by atoms with Crippen molar-refractivity contribution in [3.05, 3.63) is 18.7 Å². The highest BCUT2D eigenvalue weighted by atomic mass is 16.5. The molecule has 140 valence electrons. The highest BCUT2D eigenvalue weighted by molar-refractivity contribution is 5.87. The van der Waals surface area contributed by atoms with Gasteiger partial charge in [0.2, 0.25) is 5.88 Å². The van der Waals surface area contributed by atoms with Crippen LogP contribution in [0.25, 0.3) is 16.7 Å². The molecule has 0 N–H and O–H groups in total. The van der Waals surface area contributed by atoms with Gasteiger partial charge in [0.25, 0.3) is 0 Å². The number of hydrogen-bond donors (Lipinski definition) is 0. The molecular weight excluding hydrogens is 350 g/mol. The first-order chi connectivity index (χ1) is 13.3. The monoisotopic (exact) mass is 369 g/mol. The summed E-state index contributed by atoms with van der Waals surface area (Å²) in [5.74, 6) is 2.41. The lowest BCUT2D eigenvalue weighted by atomic mass is 10.0. The molecule has 2 fully saturated rings. The molecule has 0 spiro atoms. The minimum Gasteiger partial charge on any atom is -0.479 e. The zero-order valence-electron chi connectivity index (χ0n) is 15.1. The molecule has 2 atom stereocenters. The van der Waals surface area contributed by atoms with Gasteiger partial charge >= 0.3 is 6.01 Å². The Morgan fingerprint density at radius 2 is 1.89 bits per heavy atom. The lowest BCUT2D eigenvalue weighted by Crippen LogP contribution is -2.23. The van der Waals surface area contributed by atoms with Crippen LogP contribution in [0.3, 0.4) is 0 Å². The van der Waals surface area contributed by atoms with Crippen molar-refractivity contribution in [1.82, 2.24) is 29.7 Å². The van der Waals surface area contributed by atoms with E-state index in [0.717, 1.165) is 37.5 Å². The smallest absolute Gasteiger partial charge is 0.319 e. The van der Waals surface area contributed by atoms with Crippen LogP contribution in [0.2, 0.25) is 0 Å². The minimum atomic E-state index is 0.235. The van der Waals surface area contributed by atoms with Crippen LogP contribution >= 0.6 is 0 Å². The Kier molecular flexibility index (Phi) is 3.78. The molecule has 0 radical (unpaired) electrons. The molecule has 10 heteroatoms. The summed E-state index contributed by atoms with van der Waals surface area (Å²) >= 11 is 0. The maximum atomic E-state index is 5.58.